The lowest BCUT2D eigenvalue weighted by Gasteiger charge is -2.32. The van der Waals surface area contributed by atoms with Crippen LogP contribution in [0.1, 0.15) is 79.3 Å². The van der Waals surface area contributed by atoms with Gasteiger partial charge in [0.25, 0.3) is 0 Å². The molecular weight excluding hydrogens is 654 g/mol. The van der Waals surface area contributed by atoms with Crippen molar-refractivity contribution in [2.24, 2.45) is 0 Å². The van der Waals surface area contributed by atoms with Crippen molar-refractivity contribution in [1.82, 2.24) is 14.7 Å². The summed E-state index contributed by atoms with van der Waals surface area (Å²) < 4.78 is 10.8. The maximum Gasteiger partial charge on any atom is 0.310 e. The van der Waals surface area contributed by atoms with Crippen LogP contribution in [-0.4, -0.2) is 105 Å². The summed E-state index contributed by atoms with van der Waals surface area (Å²) in [5.41, 5.74) is 5.06. The lowest BCUT2D eigenvalue weighted by atomic mass is 9.98. The number of carbonyl (C=O) groups is 4. The number of ketones is 1. The molecule has 2 amide bonds. The molecule has 1 fully saturated rings. The van der Waals surface area contributed by atoms with Gasteiger partial charge in [0.05, 0.1) is 6.42 Å². The SMILES string of the molecule is COCC(=O)N(C)CCCC(=O)c1ccc(CCCCCCC(=O)N(C)CCN2CCC(OC(=O)Cc3ccccc3-c3ccccc3)CC2)cc1. The largest absolute Gasteiger partial charge is 0.462 e. The molecule has 1 saturated heterocycles. The molecule has 1 aliphatic heterocycles. The van der Waals surface area contributed by atoms with E-state index in [0.717, 1.165) is 81.3 Å². The van der Waals surface area contributed by atoms with Gasteiger partial charge in [0, 0.05) is 72.3 Å². The van der Waals surface area contributed by atoms with Gasteiger partial charge in [0.2, 0.25) is 11.8 Å². The van der Waals surface area contributed by atoms with Gasteiger partial charge in [-0.3, -0.25) is 19.2 Å². The molecule has 9 nitrogen and oxygen atoms in total. The summed E-state index contributed by atoms with van der Waals surface area (Å²) in [5.74, 6) is 0.0140. The summed E-state index contributed by atoms with van der Waals surface area (Å²) in [6.07, 6.45) is 8.37. The van der Waals surface area contributed by atoms with Gasteiger partial charge in [-0.25, -0.2) is 0 Å². The molecule has 3 aromatic carbocycles. The van der Waals surface area contributed by atoms with Crippen LogP contribution in [0.4, 0.5) is 0 Å². The van der Waals surface area contributed by atoms with Crippen molar-refractivity contribution < 1.29 is 28.7 Å². The first-order valence-electron chi connectivity index (χ1n) is 18.9. The highest BCUT2D eigenvalue weighted by Gasteiger charge is 2.23. The molecule has 0 atom stereocenters. The Balaban J connectivity index is 1.03. The van der Waals surface area contributed by atoms with Gasteiger partial charge in [-0.1, -0.05) is 91.7 Å². The number of benzene rings is 3. The van der Waals surface area contributed by atoms with Crippen LogP contribution in [0.5, 0.6) is 0 Å². The maximum absolute atomic E-state index is 12.8. The topological polar surface area (TPSA) is 96.5 Å². The average molecular weight is 712 g/mol. The zero-order chi connectivity index (χ0) is 37.1. The van der Waals surface area contributed by atoms with E-state index in [-0.39, 0.29) is 42.7 Å². The van der Waals surface area contributed by atoms with E-state index >= 15 is 0 Å². The molecule has 0 aromatic heterocycles. The highest BCUT2D eigenvalue weighted by Crippen LogP contribution is 2.25. The van der Waals surface area contributed by atoms with Gasteiger partial charge in [-0.15, -0.1) is 0 Å². The average Bonchev–Trinajstić information content (AvgIpc) is 3.16. The van der Waals surface area contributed by atoms with E-state index in [4.69, 9.17) is 9.47 Å². The third-order valence-corrected chi connectivity index (χ3v) is 9.92. The third kappa shape index (κ3) is 13.7. The highest BCUT2D eigenvalue weighted by molar-refractivity contribution is 5.96. The summed E-state index contributed by atoms with van der Waals surface area (Å²) in [6, 6.07) is 26.0. The summed E-state index contributed by atoms with van der Waals surface area (Å²) in [5, 5.41) is 0. The van der Waals surface area contributed by atoms with Crippen LogP contribution in [0, 0.1) is 0 Å². The molecule has 280 valence electrons. The molecular formula is C43H57N3O6. The molecule has 3 aromatic rings. The number of hydrogen-bond acceptors (Lipinski definition) is 7. The minimum absolute atomic E-state index is 0.0549. The number of methoxy groups -OCH3 is 1. The lowest BCUT2D eigenvalue weighted by Crippen LogP contribution is -2.42. The second-order valence-electron chi connectivity index (χ2n) is 13.9. The molecule has 1 aliphatic rings. The number of aryl methyl sites for hydroxylation is 1. The van der Waals surface area contributed by atoms with Crippen LogP contribution >= 0.6 is 0 Å². The van der Waals surface area contributed by atoms with Gasteiger partial charge in [-0.2, -0.15) is 0 Å². The number of amides is 2. The van der Waals surface area contributed by atoms with Crippen molar-refractivity contribution in [2.45, 2.75) is 76.7 Å². The molecule has 0 spiro atoms. The molecule has 0 unspecified atom stereocenters. The fourth-order valence-corrected chi connectivity index (χ4v) is 6.61. The van der Waals surface area contributed by atoms with Crippen LogP contribution in [0.3, 0.4) is 0 Å². The number of nitrogens with zero attached hydrogens (tertiary/aromatic N) is 3. The number of likely N-dealkylation sites (tertiary alicyclic amines) is 1. The van der Waals surface area contributed by atoms with Crippen molar-refractivity contribution in [2.75, 3.05) is 60.5 Å². The van der Waals surface area contributed by atoms with Crippen LogP contribution < -0.4 is 0 Å². The second-order valence-corrected chi connectivity index (χ2v) is 13.9. The Hall–Kier alpha value is -4.34. The minimum atomic E-state index is -0.180. The zero-order valence-corrected chi connectivity index (χ0v) is 31.4. The number of likely N-dealkylation sites (N-methyl/N-ethyl adjacent to an activating group) is 2. The molecule has 0 bridgehead atoms. The summed E-state index contributed by atoms with van der Waals surface area (Å²) in [6.45, 7) is 3.82. The Labute approximate surface area is 310 Å². The van der Waals surface area contributed by atoms with Gasteiger partial charge in [-0.05, 0) is 60.8 Å². The maximum atomic E-state index is 12.8. The molecule has 9 heteroatoms. The molecule has 0 radical (unpaired) electrons. The Morgan fingerprint density at radius 2 is 1.40 bits per heavy atom. The Morgan fingerprint density at radius 3 is 2.13 bits per heavy atom. The first kappa shape index (κ1) is 40.4. The van der Waals surface area contributed by atoms with E-state index in [0.29, 0.717) is 37.9 Å². The number of unbranched alkanes of at least 4 members (excludes halogenated alkanes) is 3. The van der Waals surface area contributed by atoms with Gasteiger partial charge >= 0.3 is 5.97 Å². The Bertz CT molecular complexity index is 1550. The number of ether oxygens (including phenoxy) is 2. The Morgan fingerprint density at radius 1 is 0.731 bits per heavy atom. The van der Waals surface area contributed by atoms with E-state index in [2.05, 4.69) is 23.1 Å². The molecule has 1 heterocycles. The predicted octanol–water partition coefficient (Wildman–Crippen LogP) is 6.62. The lowest BCUT2D eigenvalue weighted by molar-refractivity contribution is -0.150. The first-order chi connectivity index (χ1) is 25.2. The zero-order valence-electron chi connectivity index (χ0n) is 31.4. The number of carbonyl (C=O) groups excluding carboxylic acids is 4. The highest BCUT2D eigenvalue weighted by atomic mass is 16.5. The monoisotopic (exact) mass is 711 g/mol. The number of hydrogen-bond donors (Lipinski definition) is 0. The summed E-state index contributed by atoms with van der Waals surface area (Å²) >= 11 is 0. The van der Waals surface area contributed by atoms with Gasteiger partial charge in [0.15, 0.2) is 5.78 Å². The van der Waals surface area contributed by atoms with Crippen LogP contribution in [0.2, 0.25) is 0 Å². The van der Waals surface area contributed by atoms with E-state index in [1.807, 2.05) is 72.6 Å². The van der Waals surface area contributed by atoms with Crippen LogP contribution in [-0.2, 0) is 36.7 Å². The molecule has 0 N–H and O–H groups in total. The fraction of sp³-hybridized carbons (Fsp3) is 0.488. The van der Waals surface area contributed by atoms with Crippen molar-refractivity contribution in [3.05, 3.63) is 95.6 Å². The fourth-order valence-electron chi connectivity index (χ4n) is 6.61. The smallest absolute Gasteiger partial charge is 0.310 e. The van der Waals surface area contributed by atoms with Gasteiger partial charge < -0.3 is 24.2 Å². The Kier molecular flexibility index (Phi) is 17.0. The van der Waals surface area contributed by atoms with E-state index < -0.39 is 0 Å². The summed E-state index contributed by atoms with van der Waals surface area (Å²) in [4.78, 5) is 55.7. The minimum Gasteiger partial charge on any atom is -0.462 e. The van der Waals surface area contributed by atoms with Crippen molar-refractivity contribution >= 4 is 23.6 Å². The number of rotatable bonds is 21. The second kappa shape index (κ2) is 21.9. The third-order valence-electron chi connectivity index (χ3n) is 9.92. The summed E-state index contributed by atoms with van der Waals surface area (Å²) in [7, 11) is 5.11. The normalized spacial score (nSPS) is 13.4. The first-order valence-corrected chi connectivity index (χ1v) is 18.9. The van der Waals surface area contributed by atoms with Gasteiger partial charge in [0.1, 0.15) is 12.7 Å². The van der Waals surface area contributed by atoms with E-state index in [1.54, 1.807) is 11.9 Å². The molecule has 0 aliphatic carbocycles. The van der Waals surface area contributed by atoms with Crippen molar-refractivity contribution in [3.63, 3.8) is 0 Å². The molecule has 4 rings (SSSR count). The quantitative estimate of drug-likeness (QED) is 0.0696. The standard InChI is InChI=1S/C43H57N3O6/c1-44(42(49)33-51-3)27-13-19-40(47)36-23-21-34(22-24-36)14-7-4-5-10-20-41(48)45(2)30-31-46-28-25-38(26-29-46)52-43(50)32-37-17-11-12-18-39(37)35-15-8-6-9-16-35/h6,8-9,11-12,15-18,21-24,38H,4-5,7,10,13-14,19-20,25-33H2,1-3H3. The van der Waals surface area contributed by atoms with E-state index in [9.17, 15) is 19.2 Å². The molecule has 0 saturated carbocycles. The van der Waals surface area contributed by atoms with E-state index in [1.165, 1.54) is 12.7 Å². The van der Waals surface area contributed by atoms with Crippen molar-refractivity contribution in [3.8, 4) is 11.1 Å². The van der Waals surface area contributed by atoms with Crippen LogP contribution in [0.15, 0.2) is 78.9 Å². The van der Waals surface area contributed by atoms with Crippen molar-refractivity contribution in [1.29, 1.82) is 0 Å². The van der Waals surface area contributed by atoms with Crippen LogP contribution in [0.25, 0.3) is 11.1 Å². The number of esters is 1. The number of Topliss-reactive ketones (excluding diaryl/α,β-unsaturated/α-hetero) is 1. The number of piperidine rings is 1. The molecule has 52 heavy (non-hydrogen) atoms. The predicted molar refractivity (Wildman–Crippen MR) is 205 cm³/mol.